The van der Waals surface area contributed by atoms with Crippen molar-refractivity contribution in [1.29, 1.82) is 0 Å². The Balaban J connectivity index is 0.00000243. The average Bonchev–Trinajstić information content (AvgIpc) is 3.10. The number of halogens is 1. The Morgan fingerprint density at radius 3 is 2.27 bits per heavy atom. The maximum absolute atomic E-state index is 13.0. The summed E-state index contributed by atoms with van der Waals surface area (Å²) in [6.07, 6.45) is 2.94. The van der Waals surface area contributed by atoms with Crippen LogP contribution in [0, 0.1) is 11.3 Å². The summed E-state index contributed by atoms with van der Waals surface area (Å²) < 4.78 is 0. The van der Waals surface area contributed by atoms with E-state index in [4.69, 9.17) is 0 Å². The fraction of sp³-hybridized carbons (Fsp3) is 0.895. The quantitative estimate of drug-likeness (QED) is 0.774. The Hall–Kier alpha value is -0.850. The van der Waals surface area contributed by atoms with Gasteiger partial charge >= 0.3 is 0 Å². The number of nitrogens with zero attached hydrogens (tertiary/aromatic N) is 3. The summed E-state index contributed by atoms with van der Waals surface area (Å²) in [7, 11) is 0. The van der Waals surface area contributed by atoms with Crippen LogP contribution in [0.15, 0.2) is 0 Å². The lowest BCUT2D eigenvalue weighted by Gasteiger charge is -2.37. The molecule has 0 aliphatic carbocycles. The smallest absolute Gasteiger partial charge is 0.227 e. The summed E-state index contributed by atoms with van der Waals surface area (Å²) in [4.78, 5) is 32.1. The first-order valence-electron chi connectivity index (χ1n) is 9.89. The van der Waals surface area contributed by atoms with Crippen molar-refractivity contribution in [1.82, 2.24) is 20.0 Å². The lowest BCUT2D eigenvalue weighted by molar-refractivity contribution is -0.145. The molecule has 0 saturated carbocycles. The first-order chi connectivity index (χ1) is 11.9. The normalized spacial score (nSPS) is 28.0. The highest BCUT2D eigenvalue weighted by Gasteiger charge is 2.37. The minimum absolute atomic E-state index is 0. The topological polar surface area (TPSA) is 55.9 Å². The molecule has 3 fully saturated rings. The summed E-state index contributed by atoms with van der Waals surface area (Å²) in [6.45, 7) is 13.3. The maximum atomic E-state index is 13.0. The van der Waals surface area contributed by atoms with Gasteiger partial charge in [0, 0.05) is 63.8 Å². The number of hydrogen-bond donors (Lipinski definition) is 1. The molecule has 3 heterocycles. The van der Waals surface area contributed by atoms with Gasteiger partial charge in [0.15, 0.2) is 0 Å². The fourth-order valence-corrected chi connectivity index (χ4v) is 4.38. The lowest BCUT2D eigenvalue weighted by Crippen LogP contribution is -2.51. The van der Waals surface area contributed by atoms with Gasteiger partial charge in [-0.25, -0.2) is 0 Å². The summed E-state index contributed by atoms with van der Waals surface area (Å²) in [6, 6.07) is 0.516. The van der Waals surface area contributed by atoms with Gasteiger partial charge in [0.25, 0.3) is 0 Å². The van der Waals surface area contributed by atoms with Crippen molar-refractivity contribution in [3.63, 3.8) is 0 Å². The van der Waals surface area contributed by atoms with E-state index in [9.17, 15) is 9.59 Å². The first kappa shape index (κ1) is 21.5. The maximum Gasteiger partial charge on any atom is 0.227 e. The van der Waals surface area contributed by atoms with Gasteiger partial charge in [0.1, 0.15) is 0 Å². The molecule has 3 aliphatic heterocycles. The Morgan fingerprint density at radius 2 is 1.62 bits per heavy atom. The molecule has 2 atom stereocenters. The van der Waals surface area contributed by atoms with Crippen LogP contribution in [-0.2, 0) is 9.59 Å². The molecule has 0 spiro atoms. The fourth-order valence-electron chi connectivity index (χ4n) is 4.38. The number of carbonyl (C=O) groups excluding carboxylic acids is 2. The predicted octanol–water partition coefficient (Wildman–Crippen LogP) is 1.20. The summed E-state index contributed by atoms with van der Waals surface area (Å²) in [5, 5.41) is 3.39. The van der Waals surface area contributed by atoms with Crippen LogP contribution in [0.2, 0.25) is 0 Å². The number of likely N-dealkylation sites (tertiary alicyclic amines) is 2. The van der Waals surface area contributed by atoms with E-state index in [1.165, 1.54) is 0 Å². The van der Waals surface area contributed by atoms with Crippen molar-refractivity contribution in [2.45, 2.75) is 46.1 Å². The van der Waals surface area contributed by atoms with Crippen LogP contribution >= 0.6 is 12.4 Å². The number of amides is 2. The molecule has 0 radical (unpaired) electrons. The SMILES string of the molecule is CC(C)(C)C(=O)N1CCCC(C(=O)N2CCC(N3CCNCC3)C2)C1.Cl. The number of rotatable bonds is 2. The number of piperazine rings is 1. The van der Waals surface area contributed by atoms with Gasteiger partial charge in [-0.2, -0.15) is 0 Å². The Morgan fingerprint density at radius 1 is 0.923 bits per heavy atom. The Bertz CT molecular complexity index is 502. The van der Waals surface area contributed by atoms with Crippen LogP contribution in [0.1, 0.15) is 40.0 Å². The van der Waals surface area contributed by atoms with Crippen molar-refractivity contribution in [3.05, 3.63) is 0 Å². The van der Waals surface area contributed by atoms with E-state index in [2.05, 4.69) is 15.1 Å². The van der Waals surface area contributed by atoms with Crippen LogP contribution in [-0.4, -0.2) is 84.9 Å². The summed E-state index contributed by atoms with van der Waals surface area (Å²) in [5.41, 5.74) is -0.369. The predicted molar refractivity (Wildman–Crippen MR) is 105 cm³/mol. The average molecular weight is 387 g/mol. The second-order valence-corrected chi connectivity index (χ2v) is 8.85. The monoisotopic (exact) mass is 386 g/mol. The highest BCUT2D eigenvalue weighted by molar-refractivity contribution is 5.85. The standard InChI is InChI=1S/C19H34N4O2.ClH/c1-19(2,3)18(25)23-9-4-5-15(13-23)17(24)22-10-6-16(14-22)21-11-7-20-8-12-21;/h15-16,20H,4-14H2,1-3H3;1H. The third-order valence-corrected chi connectivity index (χ3v) is 5.84. The number of piperidine rings is 1. The van der Waals surface area contributed by atoms with E-state index in [0.717, 1.165) is 65.1 Å². The Labute approximate surface area is 164 Å². The number of carbonyl (C=O) groups is 2. The van der Waals surface area contributed by atoms with E-state index >= 15 is 0 Å². The molecule has 26 heavy (non-hydrogen) atoms. The van der Waals surface area contributed by atoms with Gasteiger partial charge in [-0.05, 0) is 19.3 Å². The zero-order valence-electron chi connectivity index (χ0n) is 16.5. The molecule has 3 saturated heterocycles. The van der Waals surface area contributed by atoms with Gasteiger partial charge in [-0.3, -0.25) is 14.5 Å². The highest BCUT2D eigenvalue weighted by Crippen LogP contribution is 2.26. The van der Waals surface area contributed by atoms with Crippen molar-refractivity contribution in [2.24, 2.45) is 11.3 Å². The molecule has 2 amide bonds. The van der Waals surface area contributed by atoms with Gasteiger partial charge in [0.2, 0.25) is 11.8 Å². The van der Waals surface area contributed by atoms with Gasteiger partial charge in [0.05, 0.1) is 5.92 Å². The Kier molecular flexibility index (Phi) is 7.34. The second kappa shape index (κ2) is 8.89. The van der Waals surface area contributed by atoms with E-state index in [1.54, 1.807) is 0 Å². The van der Waals surface area contributed by atoms with E-state index < -0.39 is 0 Å². The molecule has 0 aromatic rings. The van der Waals surface area contributed by atoms with Crippen LogP contribution in [0.25, 0.3) is 0 Å². The van der Waals surface area contributed by atoms with Crippen molar-refractivity contribution >= 4 is 24.2 Å². The van der Waals surface area contributed by atoms with Gasteiger partial charge in [-0.15, -0.1) is 12.4 Å². The molecule has 1 N–H and O–H groups in total. The lowest BCUT2D eigenvalue weighted by atomic mass is 9.90. The third kappa shape index (κ3) is 4.90. The van der Waals surface area contributed by atoms with E-state index in [0.29, 0.717) is 12.6 Å². The summed E-state index contributed by atoms with van der Waals surface area (Å²) in [5.74, 6) is 0.427. The van der Waals surface area contributed by atoms with Crippen molar-refractivity contribution in [2.75, 3.05) is 52.4 Å². The van der Waals surface area contributed by atoms with Crippen LogP contribution in [0.4, 0.5) is 0 Å². The number of nitrogens with one attached hydrogen (secondary N) is 1. The van der Waals surface area contributed by atoms with Crippen LogP contribution in [0.3, 0.4) is 0 Å². The molecule has 0 aromatic heterocycles. The molecule has 2 unspecified atom stereocenters. The summed E-state index contributed by atoms with van der Waals surface area (Å²) >= 11 is 0. The zero-order chi connectivity index (χ0) is 18.0. The first-order valence-corrected chi connectivity index (χ1v) is 9.89. The van der Waals surface area contributed by atoms with Crippen molar-refractivity contribution in [3.8, 4) is 0 Å². The van der Waals surface area contributed by atoms with Crippen LogP contribution in [0.5, 0.6) is 0 Å². The molecule has 3 rings (SSSR count). The third-order valence-electron chi connectivity index (χ3n) is 5.84. The zero-order valence-corrected chi connectivity index (χ0v) is 17.3. The molecule has 0 aromatic carbocycles. The largest absolute Gasteiger partial charge is 0.341 e. The van der Waals surface area contributed by atoms with Gasteiger partial charge < -0.3 is 15.1 Å². The minimum atomic E-state index is -0.369. The van der Waals surface area contributed by atoms with Gasteiger partial charge in [-0.1, -0.05) is 20.8 Å². The number of hydrogen-bond acceptors (Lipinski definition) is 4. The molecular weight excluding hydrogens is 352 g/mol. The second-order valence-electron chi connectivity index (χ2n) is 8.85. The minimum Gasteiger partial charge on any atom is -0.341 e. The van der Waals surface area contributed by atoms with E-state index in [-0.39, 0.29) is 35.6 Å². The van der Waals surface area contributed by atoms with Crippen LogP contribution < -0.4 is 5.32 Å². The molecular formula is C19H35ClN4O2. The van der Waals surface area contributed by atoms with Crippen molar-refractivity contribution < 1.29 is 9.59 Å². The van der Waals surface area contributed by atoms with E-state index in [1.807, 2.05) is 25.7 Å². The molecule has 7 heteroatoms. The molecule has 150 valence electrons. The molecule has 6 nitrogen and oxygen atoms in total. The molecule has 0 bridgehead atoms. The molecule has 3 aliphatic rings. The highest BCUT2D eigenvalue weighted by atomic mass is 35.5.